The monoisotopic (exact) mass is 294 g/mol. The van der Waals surface area contributed by atoms with E-state index in [0.717, 1.165) is 49.7 Å². The van der Waals surface area contributed by atoms with Crippen LogP contribution >= 0.6 is 11.8 Å². The number of nitrogens with zero attached hydrogens (tertiary/aromatic N) is 4. The summed E-state index contributed by atoms with van der Waals surface area (Å²) < 4.78 is 7.63. The summed E-state index contributed by atoms with van der Waals surface area (Å²) >= 11 is 1.66. The largest absolute Gasteiger partial charge is 0.378 e. The summed E-state index contributed by atoms with van der Waals surface area (Å²) in [6, 6.07) is 0. The van der Waals surface area contributed by atoms with Gasteiger partial charge in [0.2, 0.25) is 5.95 Å². The van der Waals surface area contributed by atoms with E-state index in [1.807, 2.05) is 6.92 Å². The van der Waals surface area contributed by atoms with E-state index in [-0.39, 0.29) is 0 Å². The average Bonchev–Trinajstić information content (AvgIpc) is 2.82. The molecule has 0 aliphatic carbocycles. The third-order valence-electron chi connectivity index (χ3n) is 2.99. The first kappa shape index (κ1) is 15.2. The number of thioether (sulfide) groups is 1. The van der Waals surface area contributed by atoms with Gasteiger partial charge in [-0.05, 0) is 12.8 Å². The maximum absolute atomic E-state index is 5.41. The van der Waals surface area contributed by atoms with Crippen molar-refractivity contribution in [2.75, 3.05) is 37.0 Å². The lowest BCUT2D eigenvalue weighted by Gasteiger charge is -2.28. The van der Waals surface area contributed by atoms with Crippen LogP contribution in [0, 0.1) is 17.8 Å². The van der Waals surface area contributed by atoms with Crippen molar-refractivity contribution in [1.29, 1.82) is 0 Å². The van der Waals surface area contributed by atoms with Crippen LogP contribution in [0.2, 0.25) is 0 Å². The number of morpholine rings is 1. The Bertz CT molecular complexity index is 483. The van der Waals surface area contributed by atoms with Crippen LogP contribution < -0.4 is 4.90 Å². The zero-order valence-corrected chi connectivity index (χ0v) is 13.2. The molecule has 1 aliphatic heterocycles. The van der Waals surface area contributed by atoms with Gasteiger partial charge in [0, 0.05) is 19.6 Å². The molecule has 2 rings (SSSR count). The number of anilines is 1. The fourth-order valence-electron chi connectivity index (χ4n) is 2.08. The van der Waals surface area contributed by atoms with Crippen LogP contribution in [0.25, 0.3) is 0 Å². The molecule has 2 heterocycles. The van der Waals surface area contributed by atoms with E-state index in [4.69, 9.17) is 4.74 Å². The minimum atomic E-state index is 0.558. The maximum atomic E-state index is 5.41. The zero-order chi connectivity index (χ0) is 14.4. The third kappa shape index (κ3) is 3.90. The lowest BCUT2D eigenvalue weighted by Crippen LogP contribution is -2.38. The van der Waals surface area contributed by atoms with Crippen LogP contribution in [-0.2, 0) is 11.3 Å². The summed E-state index contributed by atoms with van der Waals surface area (Å²) in [6.07, 6.45) is 0. The zero-order valence-electron chi connectivity index (χ0n) is 12.4. The molecule has 0 N–H and O–H groups in total. The molecule has 0 bridgehead atoms. The van der Waals surface area contributed by atoms with Crippen molar-refractivity contribution in [3.8, 4) is 11.8 Å². The quantitative estimate of drug-likeness (QED) is 0.613. The molecule has 0 unspecified atom stereocenters. The van der Waals surface area contributed by atoms with Gasteiger partial charge >= 0.3 is 0 Å². The fraction of sp³-hybridized carbons (Fsp3) is 0.714. The Kier molecular flexibility index (Phi) is 5.74. The van der Waals surface area contributed by atoms with Crippen LogP contribution in [0.4, 0.5) is 5.95 Å². The second-order valence-electron chi connectivity index (χ2n) is 5.10. The Morgan fingerprint density at radius 1 is 1.30 bits per heavy atom. The van der Waals surface area contributed by atoms with Crippen molar-refractivity contribution < 1.29 is 4.74 Å². The molecule has 6 heteroatoms. The molecule has 1 aromatic heterocycles. The molecule has 0 atom stereocenters. The van der Waals surface area contributed by atoms with Crippen molar-refractivity contribution >= 4 is 17.7 Å². The fourth-order valence-corrected chi connectivity index (χ4v) is 2.84. The van der Waals surface area contributed by atoms with E-state index in [0.29, 0.717) is 5.92 Å². The highest BCUT2D eigenvalue weighted by atomic mass is 32.2. The van der Waals surface area contributed by atoms with Crippen LogP contribution in [0.15, 0.2) is 5.16 Å². The van der Waals surface area contributed by atoms with Gasteiger partial charge in [-0.15, -0.1) is 16.1 Å². The second kappa shape index (κ2) is 7.55. The van der Waals surface area contributed by atoms with Gasteiger partial charge in [-0.2, -0.15) is 0 Å². The maximum Gasteiger partial charge on any atom is 0.228 e. The van der Waals surface area contributed by atoms with E-state index in [2.05, 4.69) is 45.4 Å². The van der Waals surface area contributed by atoms with Gasteiger partial charge in [-0.3, -0.25) is 4.57 Å². The number of rotatable bonds is 5. The molecule has 1 saturated heterocycles. The molecule has 0 spiro atoms. The lowest BCUT2D eigenvalue weighted by molar-refractivity contribution is 0.121. The van der Waals surface area contributed by atoms with E-state index in [1.165, 1.54) is 0 Å². The highest BCUT2D eigenvalue weighted by molar-refractivity contribution is 7.99. The van der Waals surface area contributed by atoms with Crippen molar-refractivity contribution in [1.82, 2.24) is 14.8 Å². The van der Waals surface area contributed by atoms with Crippen molar-refractivity contribution in [3.05, 3.63) is 0 Å². The molecule has 5 nitrogen and oxygen atoms in total. The molecule has 0 saturated carbocycles. The summed E-state index contributed by atoms with van der Waals surface area (Å²) in [5.41, 5.74) is 0. The Labute approximate surface area is 125 Å². The van der Waals surface area contributed by atoms with E-state index >= 15 is 0 Å². The van der Waals surface area contributed by atoms with Gasteiger partial charge in [0.15, 0.2) is 5.16 Å². The summed E-state index contributed by atoms with van der Waals surface area (Å²) in [4.78, 5) is 2.26. The number of ether oxygens (including phenoxy) is 1. The van der Waals surface area contributed by atoms with Crippen LogP contribution in [0.1, 0.15) is 20.8 Å². The summed E-state index contributed by atoms with van der Waals surface area (Å²) in [5, 5.41) is 9.69. The highest BCUT2D eigenvalue weighted by Gasteiger charge is 2.20. The molecule has 1 fully saturated rings. The lowest BCUT2D eigenvalue weighted by atomic mass is 10.2. The van der Waals surface area contributed by atoms with Gasteiger partial charge in [-0.1, -0.05) is 31.5 Å². The van der Waals surface area contributed by atoms with Gasteiger partial charge < -0.3 is 9.64 Å². The average molecular weight is 294 g/mol. The van der Waals surface area contributed by atoms with E-state index in [9.17, 15) is 0 Å². The molecular formula is C14H22N4OS. The molecule has 20 heavy (non-hydrogen) atoms. The molecule has 0 amide bonds. The minimum Gasteiger partial charge on any atom is -0.378 e. The minimum absolute atomic E-state index is 0.558. The van der Waals surface area contributed by atoms with E-state index < -0.39 is 0 Å². The van der Waals surface area contributed by atoms with Crippen molar-refractivity contribution in [3.63, 3.8) is 0 Å². The smallest absolute Gasteiger partial charge is 0.228 e. The predicted molar refractivity (Wildman–Crippen MR) is 82.1 cm³/mol. The first-order chi connectivity index (χ1) is 9.72. The predicted octanol–water partition coefficient (Wildman–Crippen LogP) is 1.89. The molecule has 0 aromatic carbocycles. The van der Waals surface area contributed by atoms with Gasteiger partial charge in [-0.25, -0.2) is 0 Å². The summed E-state index contributed by atoms with van der Waals surface area (Å²) in [5.74, 6) is 8.26. The third-order valence-corrected chi connectivity index (χ3v) is 3.84. The van der Waals surface area contributed by atoms with Crippen LogP contribution in [0.3, 0.4) is 0 Å². The molecule has 1 aliphatic rings. The second-order valence-corrected chi connectivity index (χ2v) is 6.04. The first-order valence-electron chi connectivity index (χ1n) is 7.00. The molecular weight excluding hydrogens is 272 g/mol. The SMILES string of the molecule is CC#CCSc1nnc(N2CCOCC2)n1CC(C)C. The van der Waals surface area contributed by atoms with Gasteiger partial charge in [0.25, 0.3) is 0 Å². The molecule has 1 aromatic rings. The summed E-state index contributed by atoms with van der Waals surface area (Å²) in [7, 11) is 0. The summed E-state index contributed by atoms with van der Waals surface area (Å²) in [6.45, 7) is 10.5. The topological polar surface area (TPSA) is 43.2 Å². The standard InChI is InChI=1S/C14H22N4OS/c1-4-5-10-20-14-16-15-13(18(14)11-12(2)3)17-6-8-19-9-7-17/h12H,6-11H2,1-3H3. The van der Waals surface area contributed by atoms with Gasteiger partial charge in [0.1, 0.15) is 0 Å². The molecule has 0 radical (unpaired) electrons. The Hall–Kier alpha value is -1.19. The Balaban J connectivity index is 2.18. The van der Waals surface area contributed by atoms with Crippen LogP contribution in [0.5, 0.6) is 0 Å². The van der Waals surface area contributed by atoms with Crippen LogP contribution in [-0.4, -0.2) is 46.8 Å². The number of aromatic nitrogens is 3. The first-order valence-corrected chi connectivity index (χ1v) is 7.99. The highest BCUT2D eigenvalue weighted by Crippen LogP contribution is 2.23. The number of hydrogen-bond acceptors (Lipinski definition) is 5. The molecule has 110 valence electrons. The normalized spacial score (nSPS) is 15.3. The Morgan fingerprint density at radius 2 is 2.05 bits per heavy atom. The van der Waals surface area contributed by atoms with E-state index in [1.54, 1.807) is 11.8 Å². The van der Waals surface area contributed by atoms with Crippen molar-refractivity contribution in [2.45, 2.75) is 32.5 Å². The Morgan fingerprint density at radius 3 is 2.70 bits per heavy atom. The van der Waals surface area contributed by atoms with Crippen molar-refractivity contribution in [2.24, 2.45) is 5.92 Å². The van der Waals surface area contributed by atoms with Gasteiger partial charge in [0.05, 0.1) is 19.0 Å². The number of hydrogen-bond donors (Lipinski definition) is 0.